The van der Waals surface area contributed by atoms with Gasteiger partial charge >= 0.3 is 0 Å². The molecule has 3 rings (SSSR count). The SMILES string of the molecule is CC(C)c1c(C(=O)Nc2ccc(C(=O)N(C)C)cc2F)cnn1-c1ccccc1Cl. The van der Waals surface area contributed by atoms with Gasteiger partial charge in [0.05, 0.1) is 33.9 Å². The molecule has 156 valence electrons. The largest absolute Gasteiger partial charge is 0.345 e. The lowest BCUT2D eigenvalue weighted by Crippen LogP contribution is -2.22. The first-order valence-electron chi connectivity index (χ1n) is 9.36. The van der Waals surface area contributed by atoms with Crippen LogP contribution in [0, 0.1) is 5.82 Å². The maximum absolute atomic E-state index is 14.5. The van der Waals surface area contributed by atoms with E-state index in [-0.39, 0.29) is 23.1 Å². The van der Waals surface area contributed by atoms with Gasteiger partial charge in [0, 0.05) is 19.7 Å². The Bertz CT molecular complexity index is 1110. The van der Waals surface area contributed by atoms with Crippen LogP contribution in [0.5, 0.6) is 0 Å². The average Bonchev–Trinajstić information content (AvgIpc) is 3.14. The molecule has 0 spiro atoms. The molecule has 6 nitrogen and oxygen atoms in total. The fraction of sp³-hybridized carbons (Fsp3) is 0.227. The van der Waals surface area contributed by atoms with Gasteiger partial charge in [0.15, 0.2) is 0 Å². The third-order valence-electron chi connectivity index (χ3n) is 4.55. The highest BCUT2D eigenvalue weighted by Crippen LogP contribution is 2.28. The van der Waals surface area contributed by atoms with Crippen molar-refractivity contribution in [1.29, 1.82) is 0 Å². The van der Waals surface area contributed by atoms with Crippen molar-refractivity contribution < 1.29 is 14.0 Å². The number of carbonyl (C=O) groups excluding carboxylic acids is 2. The molecule has 0 saturated heterocycles. The summed E-state index contributed by atoms with van der Waals surface area (Å²) in [5.74, 6) is -1.56. The van der Waals surface area contributed by atoms with Gasteiger partial charge in [0.25, 0.3) is 11.8 Å². The molecule has 8 heteroatoms. The predicted octanol–water partition coefficient (Wildman–Crippen LogP) is 4.74. The molecule has 0 fully saturated rings. The second kappa shape index (κ2) is 8.67. The number of nitrogens with one attached hydrogen (secondary N) is 1. The Morgan fingerprint density at radius 2 is 1.87 bits per heavy atom. The fourth-order valence-corrected chi connectivity index (χ4v) is 3.32. The summed E-state index contributed by atoms with van der Waals surface area (Å²) in [4.78, 5) is 26.2. The topological polar surface area (TPSA) is 67.2 Å². The number of hydrogen-bond acceptors (Lipinski definition) is 3. The van der Waals surface area contributed by atoms with Crippen molar-refractivity contribution in [3.05, 3.63) is 76.3 Å². The van der Waals surface area contributed by atoms with Crippen LogP contribution in [0.15, 0.2) is 48.7 Å². The lowest BCUT2D eigenvalue weighted by molar-refractivity contribution is 0.0827. The molecule has 3 aromatic rings. The molecule has 1 aromatic heterocycles. The Balaban J connectivity index is 1.93. The highest BCUT2D eigenvalue weighted by Gasteiger charge is 2.23. The molecule has 0 aliphatic carbocycles. The summed E-state index contributed by atoms with van der Waals surface area (Å²) in [5, 5.41) is 7.41. The summed E-state index contributed by atoms with van der Waals surface area (Å²) < 4.78 is 16.1. The molecule has 1 heterocycles. The first-order chi connectivity index (χ1) is 14.2. The number of para-hydroxylation sites is 1. The Morgan fingerprint density at radius 3 is 2.47 bits per heavy atom. The molecule has 2 amide bonds. The third-order valence-corrected chi connectivity index (χ3v) is 4.87. The van der Waals surface area contributed by atoms with Crippen molar-refractivity contribution in [1.82, 2.24) is 14.7 Å². The van der Waals surface area contributed by atoms with Crippen LogP contribution in [0.3, 0.4) is 0 Å². The number of halogens is 2. The number of hydrogen-bond donors (Lipinski definition) is 1. The van der Waals surface area contributed by atoms with Gasteiger partial charge in [0.1, 0.15) is 5.82 Å². The first-order valence-corrected chi connectivity index (χ1v) is 9.74. The minimum atomic E-state index is -0.694. The number of benzene rings is 2. The van der Waals surface area contributed by atoms with Crippen LogP contribution in [-0.4, -0.2) is 40.6 Å². The van der Waals surface area contributed by atoms with E-state index >= 15 is 0 Å². The minimum Gasteiger partial charge on any atom is -0.345 e. The van der Waals surface area contributed by atoms with Gasteiger partial charge in [-0.25, -0.2) is 9.07 Å². The van der Waals surface area contributed by atoms with Crippen LogP contribution in [0.1, 0.15) is 46.2 Å². The quantitative estimate of drug-likeness (QED) is 0.638. The monoisotopic (exact) mass is 428 g/mol. The van der Waals surface area contributed by atoms with Crippen molar-refractivity contribution in [3.8, 4) is 5.69 Å². The Labute approximate surface area is 179 Å². The molecule has 0 bridgehead atoms. The van der Waals surface area contributed by atoms with Gasteiger partial charge in [-0.3, -0.25) is 9.59 Å². The third kappa shape index (κ3) is 4.21. The van der Waals surface area contributed by atoms with Gasteiger partial charge in [-0.05, 0) is 36.2 Å². The van der Waals surface area contributed by atoms with E-state index in [1.807, 2.05) is 32.0 Å². The molecule has 0 radical (unpaired) electrons. The second-order valence-electron chi connectivity index (χ2n) is 7.31. The standard InChI is InChI=1S/C22H22ClFN4O2/c1-13(2)20-15(12-25-28(20)19-8-6-5-7-16(19)23)21(29)26-18-10-9-14(11-17(18)24)22(30)27(3)4/h5-13H,1-4H3,(H,26,29). The summed E-state index contributed by atoms with van der Waals surface area (Å²) >= 11 is 6.30. The van der Waals surface area contributed by atoms with Crippen molar-refractivity contribution in [2.75, 3.05) is 19.4 Å². The van der Waals surface area contributed by atoms with E-state index in [9.17, 15) is 14.0 Å². The minimum absolute atomic E-state index is 0.0181. The van der Waals surface area contributed by atoms with E-state index in [1.54, 1.807) is 24.8 Å². The highest BCUT2D eigenvalue weighted by molar-refractivity contribution is 6.32. The smallest absolute Gasteiger partial charge is 0.259 e. The molecule has 1 N–H and O–H groups in total. The molecule has 0 saturated carbocycles. The van der Waals surface area contributed by atoms with Gasteiger partial charge < -0.3 is 10.2 Å². The number of nitrogens with zero attached hydrogens (tertiary/aromatic N) is 3. The van der Waals surface area contributed by atoms with Crippen LogP contribution >= 0.6 is 11.6 Å². The van der Waals surface area contributed by atoms with Crippen LogP contribution in [0.4, 0.5) is 10.1 Å². The number of aromatic nitrogens is 2. The summed E-state index contributed by atoms with van der Waals surface area (Å²) in [5.41, 5.74) is 1.80. The van der Waals surface area contributed by atoms with Crippen LogP contribution in [0.2, 0.25) is 5.02 Å². The van der Waals surface area contributed by atoms with Gasteiger partial charge in [-0.15, -0.1) is 0 Å². The van der Waals surface area contributed by atoms with E-state index in [2.05, 4.69) is 10.4 Å². The first kappa shape index (κ1) is 21.5. The second-order valence-corrected chi connectivity index (χ2v) is 7.72. The molecular formula is C22H22ClFN4O2. The average molecular weight is 429 g/mol. The molecule has 30 heavy (non-hydrogen) atoms. The summed E-state index contributed by atoms with van der Waals surface area (Å²) in [6.07, 6.45) is 1.44. The summed E-state index contributed by atoms with van der Waals surface area (Å²) in [6.45, 7) is 3.87. The Morgan fingerprint density at radius 1 is 1.17 bits per heavy atom. The van der Waals surface area contributed by atoms with Crippen molar-refractivity contribution in [2.24, 2.45) is 0 Å². The Hall–Kier alpha value is -3.19. The van der Waals surface area contributed by atoms with Crippen molar-refractivity contribution in [2.45, 2.75) is 19.8 Å². The fourth-order valence-electron chi connectivity index (χ4n) is 3.10. The number of amides is 2. The number of anilines is 1. The van der Waals surface area contributed by atoms with E-state index in [0.717, 1.165) is 6.07 Å². The summed E-state index contributed by atoms with van der Waals surface area (Å²) in [7, 11) is 3.17. The molecule has 0 aliphatic heterocycles. The highest BCUT2D eigenvalue weighted by atomic mass is 35.5. The lowest BCUT2D eigenvalue weighted by Gasteiger charge is -2.14. The summed E-state index contributed by atoms with van der Waals surface area (Å²) in [6, 6.07) is 11.1. The number of rotatable bonds is 5. The van der Waals surface area contributed by atoms with Crippen molar-refractivity contribution >= 4 is 29.1 Å². The zero-order valence-electron chi connectivity index (χ0n) is 17.1. The zero-order chi connectivity index (χ0) is 22.0. The molecule has 0 aliphatic rings. The van der Waals surface area contributed by atoms with Crippen LogP contribution in [0.25, 0.3) is 5.69 Å². The molecular weight excluding hydrogens is 407 g/mol. The van der Waals surface area contributed by atoms with E-state index in [1.165, 1.54) is 23.2 Å². The van der Waals surface area contributed by atoms with Crippen LogP contribution < -0.4 is 5.32 Å². The van der Waals surface area contributed by atoms with Crippen LogP contribution in [-0.2, 0) is 0 Å². The molecule has 0 unspecified atom stereocenters. The molecule has 0 atom stereocenters. The van der Waals surface area contributed by atoms with Crippen molar-refractivity contribution in [3.63, 3.8) is 0 Å². The van der Waals surface area contributed by atoms with E-state index in [0.29, 0.717) is 22.0 Å². The molecule has 2 aromatic carbocycles. The maximum Gasteiger partial charge on any atom is 0.259 e. The van der Waals surface area contributed by atoms with Gasteiger partial charge in [-0.1, -0.05) is 37.6 Å². The predicted molar refractivity (Wildman–Crippen MR) is 115 cm³/mol. The number of carbonyl (C=O) groups is 2. The normalized spacial score (nSPS) is 10.9. The van der Waals surface area contributed by atoms with Gasteiger partial charge in [0.2, 0.25) is 0 Å². The zero-order valence-corrected chi connectivity index (χ0v) is 17.9. The van der Waals surface area contributed by atoms with Gasteiger partial charge in [-0.2, -0.15) is 5.10 Å². The van der Waals surface area contributed by atoms with E-state index < -0.39 is 11.7 Å². The maximum atomic E-state index is 14.5. The lowest BCUT2D eigenvalue weighted by atomic mass is 10.0. The van der Waals surface area contributed by atoms with E-state index in [4.69, 9.17) is 11.6 Å². The Kier molecular flexibility index (Phi) is 6.22.